The van der Waals surface area contributed by atoms with E-state index in [1.165, 1.54) is 18.3 Å². The van der Waals surface area contributed by atoms with E-state index in [2.05, 4.69) is 31.8 Å². The number of rotatable bonds is 3. The van der Waals surface area contributed by atoms with Gasteiger partial charge in [-0.25, -0.2) is 5.43 Å². The van der Waals surface area contributed by atoms with Gasteiger partial charge in [0.25, 0.3) is 5.91 Å². The lowest BCUT2D eigenvalue weighted by Gasteiger charge is -2.04. The Bertz CT molecular complexity index is 820. The van der Waals surface area contributed by atoms with Crippen molar-refractivity contribution < 1.29 is 14.7 Å². The highest BCUT2D eigenvalue weighted by molar-refractivity contribution is 9.10. The van der Waals surface area contributed by atoms with Gasteiger partial charge in [-0.1, -0.05) is 34.1 Å². The van der Waals surface area contributed by atoms with Crippen LogP contribution in [0.1, 0.15) is 21.8 Å². The third-order valence-electron chi connectivity index (χ3n) is 3.43. The summed E-state index contributed by atoms with van der Waals surface area (Å²) in [5.74, 6) is -1.46. The summed E-state index contributed by atoms with van der Waals surface area (Å²) in [5, 5.41) is 16.3. The highest BCUT2D eigenvalue weighted by Gasteiger charge is 2.28. The summed E-state index contributed by atoms with van der Waals surface area (Å²) in [6.45, 7) is 0. The van der Waals surface area contributed by atoms with Gasteiger partial charge in [0, 0.05) is 16.4 Å². The van der Waals surface area contributed by atoms with Crippen LogP contribution < -0.4 is 10.7 Å². The Morgan fingerprint density at radius 1 is 1.30 bits per heavy atom. The number of carbonyl (C=O) groups excluding carboxylic acids is 2. The fourth-order valence-corrected chi connectivity index (χ4v) is 2.66. The predicted octanol–water partition coefficient (Wildman–Crippen LogP) is 2.61. The molecule has 2 aromatic carbocycles. The van der Waals surface area contributed by atoms with Crippen molar-refractivity contribution in [3.8, 4) is 5.75 Å². The molecule has 0 fully saturated rings. The van der Waals surface area contributed by atoms with E-state index >= 15 is 0 Å². The van der Waals surface area contributed by atoms with Crippen molar-refractivity contribution in [2.24, 2.45) is 5.10 Å². The average molecular weight is 374 g/mol. The Morgan fingerprint density at radius 2 is 2.09 bits per heavy atom. The molecule has 1 atom stereocenters. The minimum atomic E-state index is -0.563. The van der Waals surface area contributed by atoms with Crippen LogP contribution in [0.4, 0.5) is 5.69 Å². The molecule has 1 aliphatic heterocycles. The lowest BCUT2D eigenvalue weighted by molar-refractivity contribution is -0.115. The molecule has 1 heterocycles. The zero-order chi connectivity index (χ0) is 16.4. The first-order chi connectivity index (χ1) is 11.1. The predicted molar refractivity (Wildman–Crippen MR) is 89.6 cm³/mol. The Labute approximate surface area is 140 Å². The molecular formula is C16H12BrN3O3. The van der Waals surface area contributed by atoms with Gasteiger partial charge >= 0.3 is 0 Å². The van der Waals surface area contributed by atoms with Crippen LogP contribution in [0.15, 0.2) is 52.0 Å². The number of amides is 2. The lowest BCUT2D eigenvalue weighted by Crippen LogP contribution is -2.20. The molecule has 7 heteroatoms. The van der Waals surface area contributed by atoms with Crippen LogP contribution >= 0.6 is 15.9 Å². The number of anilines is 1. The van der Waals surface area contributed by atoms with Gasteiger partial charge < -0.3 is 10.4 Å². The fraction of sp³-hybridized carbons (Fsp3) is 0.0625. The van der Waals surface area contributed by atoms with Gasteiger partial charge in [-0.15, -0.1) is 0 Å². The summed E-state index contributed by atoms with van der Waals surface area (Å²) in [6, 6.07) is 11.8. The van der Waals surface area contributed by atoms with E-state index in [0.29, 0.717) is 4.47 Å². The van der Waals surface area contributed by atoms with Crippen molar-refractivity contribution in [1.29, 1.82) is 0 Å². The molecule has 3 rings (SSSR count). The van der Waals surface area contributed by atoms with Gasteiger partial charge in [0.2, 0.25) is 5.91 Å². The zero-order valence-electron chi connectivity index (χ0n) is 11.8. The summed E-state index contributed by atoms with van der Waals surface area (Å²) in [6.07, 6.45) is 1.37. The van der Waals surface area contributed by atoms with E-state index in [-0.39, 0.29) is 17.2 Å². The molecule has 0 spiro atoms. The number of halogens is 1. The summed E-state index contributed by atoms with van der Waals surface area (Å²) < 4.78 is 0.661. The van der Waals surface area contributed by atoms with Gasteiger partial charge in [0.15, 0.2) is 0 Å². The number of fused-ring (bicyclic) bond motifs is 1. The van der Waals surface area contributed by atoms with Gasteiger partial charge in [0.1, 0.15) is 11.7 Å². The second-order valence-electron chi connectivity index (χ2n) is 4.93. The standard InChI is InChI=1S/C16H12BrN3O3/c17-9-5-6-14(21)11(7-9)16(23)20-18-8-12-10-3-1-2-4-13(10)19-15(12)22/h1-8,12,21H,(H,19,22)(H,20,23)/b18-8-/t12-/m1/s1. The highest BCUT2D eigenvalue weighted by atomic mass is 79.9. The van der Waals surface area contributed by atoms with E-state index in [1.54, 1.807) is 12.1 Å². The van der Waals surface area contributed by atoms with Crippen molar-refractivity contribution in [3.63, 3.8) is 0 Å². The highest BCUT2D eigenvalue weighted by Crippen LogP contribution is 2.30. The number of benzene rings is 2. The second-order valence-corrected chi connectivity index (χ2v) is 5.85. The number of para-hydroxylation sites is 1. The summed E-state index contributed by atoms with van der Waals surface area (Å²) in [5.41, 5.74) is 3.95. The van der Waals surface area contributed by atoms with E-state index in [4.69, 9.17) is 0 Å². The van der Waals surface area contributed by atoms with Crippen LogP contribution in [0, 0.1) is 0 Å². The van der Waals surface area contributed by atoms with Crippen LogP contribution in [0.5, 0.6) is 5.75 Å². The largest absolute Gasteiger partial charge is 0.507 e. The van der Waals surface area contributed by atoms with Crippen LogP contribution in [0.3, 0.4) is 0 Å². The lowest BCUT2D eigenvalue weighted by atomic mass is 10.0. The van der Waals surface area contributed by atoms with Crippen molar-refractivity contribution >= 4 is 39.6 Å². The first-order valence-corrected chi connectivity index (χ1v) is 7.57. The molecule has 3 N–H and O–H groups in total. The van der Waals surface area contributed by atoms with E-state index in [1.807, 2.05) is 18.2 Å². The third-order valence-corrected chi connectivity index (χ3v) is 3.92. The first kappa shape index (κ1) is 15.2. The summed E-state index contributed by atoms with van der Waals surface area (Å²) in [7, 11) is 0. The molecule has 0 bridgehead atoms. The molecule has 23 heavy (non-hydrogen) atoms. The Kier molecular flexibility index (Phi) is 4.12. The Hall–Kier alpha value is -2.67. The molecule has 0 radical (unpaired) electrons. The molecule has 2 amide bonds. The molecule has 0 aliphatic carbocycles. The van der Waals surface area contributed by atoms with E-state index < -0.39 is 11.8 Å². The van der Waals surface area contributed by atoms with Gasteiger partial charge in [-0.3, -0.25) is 9.59 Å². The maximum atomic E-state index is 12.0. The van der Waals surface area contributed by atoms with Crippen LogP contribution in [0.2, 0.25) is 0 Å². The normalized spacial score (nSPS) is 16.2. The monoisotopic (exact) mass is 373 g/mol. The van der Waals surface area contributed by atoms with Gasteiger partial charge in [0.05, 0.1) is 5.56 Å². The first-order valence-electron chi connectivity index (χ1n) is 6.78. The maximum absolute atomic E-state index is 12.0. The van der Waals surface area contributed by atoms with Crippen molar-refractivity contribution in [2.45, 2.75) is 5.92 Å². The number of nitrogens with zero attached hydrogens (tertiary/aromatic N) is 1. The number of phenols is 1. The number of hydrogen-bond donors (Lipinski definition) is 3. The molecule has 0 saturated carbocycles. The summed E-state index contributed by atoms with van der Waals surface area (Å²) in [4.78, 5) is 23.9. The maximum Gasteiger partial charge on any atom is 0.275 e. The van der Waals surface area contributed by atoms with Gasteiger partial charge in [-0.05, 0) is 29.8 Å². The van der Waals surface area contributed by atoms with Crippen LogP contribution in [0.25, 0.3) is 0 Å². The van der Waals surface area contributed by atoms with E-state index in [0.717, 1.165) is 11.3 Å². The average Bonchev–Trinajstić information content (AvgIpc) is 2.85. The number of phenolic OH excluding ortho intramolecular Hbond substituents is 1. The molecular weight excluding hydrogens is 362 g/mol. The smallest absolute Gasteiger partial charge is 0.275 e. The third kappa shape index (κ3) is 3.09. The molecule has 116 valence electrons. The minimum absolute atomic E-state index is 0.0906. The topological polar surface area (TPSA) is 90.8 Å². The number of hydrogen-bond acceptors (Lipinski definition) is 4. The van der Waals surface area contributed by atoms with Crippen molar-refractivity contribution in [2.75, 3.05) is 5.32 Å². The second kappa shape index (κ2) is 6.21. The Balaban J connectivity index is 1.73. The Morgan fingerprint density at radius 3 is 2.91 bits per heavy atom. The van der Waals surface area contributed by atoms with Crippen molar-refractivity contribution in [1.82, 2.24) is 5.43 Å². The molecule has 6 nitrogen and oxygen atoms in total. The van der Waals surface area contributed by atoms with Crippen LogP contribution in [-0.4, -0.2) is 23.1 Å². The number of aromatic hydroxyl groups is 1. The quantitative estimate of drug-likeness (QED) is 0.570. The molecule has 2 aromatic rings. The van der Waals surface area contributed by atoms with Crippen LogP contribution in [-0.2, 0) is 4.79 Å². The number of hydrazone groups is 1. The fourth-order valence-electron chi connectivity index (χ4n) is 2.30. The van der Waals surface area contributed by atoms with E-state index in [9.17, 15) is 14.7 Å². The molecule has 0 saturated heterocycles. The van der Waals surface area contributed by atoms with Crippen molar-refractivity contribution in [3.05, 3.63) is 58.1 Å². The molecule has 1 aliphatic rings. The number of carbonyl (C=O) groups is 2. The SMILES string of the molecule is O=C(N/N=C\[C@H]1C(=O)Nc2ccccc21)c1cc(Br)ccc1O. The van der Waals surface area contributed by atoms with Gasteiger partial charge in [-0.2, -0.15) is 5.10 Å². The molecule has 0 aromatic heterocycles. The minimum Gasteiger partial charge on any atom is -0.507 e. The summed E-state index contributed by atoms with van der Waals surface area (Å²) >= 11 is 3.23. The zero-order valence-corrected chi connectivity index (χ0v) is 13.4. The number of nitrogens with one attached hydrogen (secondary N) is 2. The molecule has 0 unspecified atom stereocenters.